The van der Waals surface area contributed by atoms with Gasteiger partial charge in [-0.15, -0.1) is 0 Å². The Balaban J connectivity index is 1.45. The molecule has 0 saturated carbocycles. The van der Waals surface area contributed by atoms with Crippen molar-refractivity contribution in [2.24, 2.45) is 16.0 Å². The Morgan fingerprint density at radius 3 is 2.45 bits per heavy atom. The van der Waals surface area contributed by atoms with Gasteiger partial charge in [-0.2, -0.15) is 15.1 Å². The fourth-order valence-electron chi connectivity index (χ4n) is 3.72. The molecular weight excluding hydrogens is 615 g/mol. The molecule has 2 aliphatic rings. The summed E-state index contributed by atoms with van der Waals surface area (Å²) in [6, 6.07) is 11.8. The second-order valence-electron chi connectivity index (χ2n) is 10.1. The molecule has 0 radical (unpaired) electrons. The topological polar surface area (TPSA) is 96.6 Å². The van der Waals surface area contributed by atoms with Crippen LogP contribution < -0.4 is 14.2 Å². The first-order valence-corrected chi connectivity index (χ1v) is 14.1. The molecule has 0 saturated heterocycles. The van der Waals surface area contributed by atoms with Crippen molar-refractivity contribution >= 4 is 62.4 Å². The van der Waals surface area contributed by atoms with Gasteiger partial charge >= 0.3 is 0 Å². The summed E-state index contributed by atoms with van der Waals surface area (Å²) in [6.07, 6.45) is 1.64. The van der Waals surface area contributed by atoms with Crippen molar-refractivity contribution in [1.82, 2.24) is 5.01 Å². The van der Waals surface area contributed by atoms with Crippen molar-refractivity contribution in [3.8, 4) is 17.2 Å². The number of fused-ring (bicyclic) bond motifs is 1. The van der Waals surface area contributed by atoms with Crippen LogP contribution in [0.25, 0.3) is 6.08 Å². The molecule has 0 fully saturated rings. The fraction of sp³-hybridized carbons (Fsp3) is 0.357. The zero-order chi connectivity index (χ0) is 27.6. The quantitative estimate of drug-likeness (QED) is 0.205. The fourth-order valence-corrected chi connectivity index (χ4v) is 5.40. The van der Waals surface area contributed by atoms with E-state index in [1.165, 1.54) is 22.3 Å². The summed E-state index contributed by atoms with van der Waals surface area (Å²) in [5, 5.41) is 15.7. The first-order chi connectivity index (χ1) is 18.0. The van der Waals surface area contributed by atoms with Crippen LogP contribution in [0.1, 0.15) is 45.7 Å². The summed E-state index contributed by atoms with van der Waals surface area (Å²) in [6.45, 7) is 11.3. The lowest BCUT2D eigenvalue weighted by atomic mass is 9.87. The number of benzene rings is 2. The first-order valence-electron chi connectivity index (χ1n) is 12.2. The molecule has 4 rings (SSSR count). The number of thioether (sulfide) groups is 1. The van der Waals surface area contributed by atoms with E-state index in [-0.39, 0.29) is 22.7 Å². The Labute approximate surface area is 241 Å². The standard InChI is InChI=1S/C28H31IN4O4S/c1-16(2)26-32-33-24(30)20(25(34)31-27(33)38-26)13-17-14-21(29)23(22(15-17)35-6)37-12-11-36-19-9-7-18(8-10-19)28(3,4)5/h7-10,13-16,30H,11-12H2,1-6H3. The maximum absolute atomic E-state index is 12.7. The van der Waals surface area contributed by atoms with E-state index in [4.69, 9.17) is 19.6 Å². The SMILES string of the molecule is COc1cc(C=C2C(=N)N3N=C(C(C)C)SC3=NC2=O)cc(I)c1OCCOc1ccc(C(C)(C)C)cc1. The van der Waals surface area contributed by atoms with Crippen LogP contribution in [0.2, 0.25) is 0 Å². The van der Waals surface area contributed by atoms with Gasteiger partial charge in [-0.1, -0.05) is 46.8 Å². The van der Waals surface area contributed by atoms with Crippen molar-refractivity contribution in [2.45, 2.75) is 40.0 Å². The highest BCUT2D eigenvalue weighted by Crippen LogP contribution is 2.36. The Hall–Kier alpha value is -2.86. The summed E-state index contributed by atoms with van der Waals surface area (Å²) in [5.41, 5.74) is 2.21. The number of carbonyl (C=O) groups is 1. The van der Waals surface area contributed by atoms with E-state index >= 15 is 0 Å². The van der Waals surface area contributed by atoms with Gasteiger partial charge in [0.05, 0.1) is 16.3 Å². The number of nitrogens with one attached hydrogen (secondary N) is 1. The third kappa shape index (κ3) is 6.23. The van der Waals surface area contributed by atoms with E-state index in [0.29, 0.717) is 35.4 Å². The first kappa shape index (κ1) is 28.2. The van der Waals surface area contributed by atoms with Crippen molar-refractivity contribution in [2.75, 3.05) is 20.3 Å². The van der Waals surface area contributed by atoms with E-state index < -0.39 is 5.91 Å². The van der Waals surface area contributed by atoms with Gasteiger partial charge in [-0.25, -0.2) is 0 Å². The maximum Gasteiger partial charge on any atom is 0.283 e. The molecular formula is C28H31IN4O4S. The van der Waals surface area contributed by atoms with Gasteiger partial charge in [0, 0.05) is 5.92 Å². The van der Waals surface area contributed by atoms with E-state index in [2.05, 4.69) is 65.6 Å². The number of rotatable bonds is 8. The highest BCUT2D eigenvalue weighted by Gasteiger charge is 2.36. The van der Waals surface area contributed by atoms with Gasteiger partial charge in [-0.3, -0.25) is 10.2 Å². The predicted octanol–water partition coefficient (Wildman–Crippen LogP) is 6.33. The van der Waals surface area contributed by atoms with Crippen LogP contribution in [0.5, 0.6) is 17.2 Å². The number of halogens is 1. The van der Waals surface area contributed by atoms with Crippen molar-refractivity contribution in [1.29, 1.82) is 5.41 Å². The van der Waals surface area contributed by atoms with Crippen LogP contribution in [-0.4, -0.2) is 47.3 Å². The third-order valence-corrected chi connectivity index (χ3v) is 7.86. The monoisotopic (exact) mass is 646 g/mol. The van der Waals surface area contributed by atoms with E-state index in [1.54, 1.807) is 19.3 Å². The predicted molar refractivity (Wildman–Crippen MR) is 162 cm³/mol. The van der Waals surface area contributed by atoms with Crippen LogP contribution in [0.3, 0.4) is 0 Å². The Morgan fingerprint density at radius 2 is 1.82 bits per heavy atom. The number of aliphatic imine (C=N–C) groups is 1. The van der Waals surface area contributed by atoms with Crippen molar-refractivity contribution in [3.05, 3.63) is 56.7 Å². The molecule has 0 atom stereocenters. The molecule has 2 heterocycles. The highest BCUT2D eigenvalue weighted by molar-refractivity contribution is 14.1. The van der Waals surface area contributed by atoms with Crippen molar-refractivity contribution in [3.63, 3.8) is 0 Å². The summed E-state index contributed by atoms with van der Waals surface area (Å²) in [4.78, 5) is 16.9. The zero-order valence-electron chi connectivity index (χ0n) is 22.3. The molecule has 1 N–H and O–H groups in total. The summed E-state index contributed by atoms with van der Waals surface area (Å²) in [5.74, 6) is 1.63. The number of amidine groups is 2. The second-order valence-corrected chi connectivity index (χ2v) is 12.3. The van der Waals surface area contributed by atoms with E-state index in [9.17, 15) is 4.79 Å². The van der Waals surface area contributed by atoms with Crippen LogP contribution in [0.4, 0.5) is 0 Å². The second kappa shape index (κ2) is 11.5. The average molecular weight is 647 g/mol. The maximum atomic E-state index is 12.7. The van der Waals surface area contributed by atoms with E-state index in [1.807, 2.05) is 32.0 Å². The summed E-state index contributed by atoms with van der Waals surface area (Å²) in [7, 11) is 1.57. The Kier molecular flexibility index (Phi) is 8.51. The summed E-state index contributed by atoms with van der Waals surface area (Å²) < 4.78 is 18.2. The molecule has 38 heavy (non-hydrogen) atoms. The number of hydrogen-bond donors (Lipinski definition) is 1. The minimum atomic E-state index is -0.462. The molecule has 2 aromatic carbocycles. The smallest absolute Gasteiger partial charge is 0.283 e. The van der Waals surface area contributed by atoms with Gasteiger partial charge in [-0.05, 0) is 81.2 Å². The number of nitrogens with zero attached hydrogens (tertiary/aromatic N) is 3. The molecule has 0 bridgehead atoms. The van der Waals surface area contributed by atoms with Crippen molar-refractivity contribution < 1.29 is 19.0 Å². The van der Waals surface area contributed by atoms with Crippen LogP contribution >= 0.6 is 34.4 Å². The zero-order valence-corrected chi connectivity index (χ0v) is 25.3. The largest absolute Gasteiger partial charge is 0.493 e. The molecule has 8 nitrogen and oxygen atoms in total. The Bertz CT molecular complexity index is 1340. The molecule has 2 aliphatic heterocycles. The van der Waals surface area contributed by atoms with Gasteiger partial charge in [0.15, 0.2) is 17.3 Å². The number of hydrogen-bond acceptors (Lipinski definition) is 7. The minimum Gasteiger partial charge on any atom is -0.493 e. The van der Waals surface area contributed by atoms with Crippen LogP contribution in [0.15, 0.2) is 52.1 Å². The third-order valence-electron chi connectivity index (χ3n) is 5.85. The molecule has 10 heteroatoms. The molecule has 0 spiro atoms. The number of hydrazone groups is 1. The van der Waals surface area contributed by atoms with Crippen LogP contribution in [0, 0.1) is 14.9 Å². The molecule has 0 aromatic heterocycles. The lowest BCUT2D eigenvalue weighted by Crippen LogP contribution is -2.35. The van der Waals surface area contributed by atoms with Gasteiger partial charge < -0.3 is 14.2 Å². The minimum absolute atomic E-state index is 0.00475. The molecule has 200 valence electrons. The van der Waals surface area contributed by atoms with Gasteiger partial charge in [0.1, 0.15) is 24.0 Å². The number of carbonyl (C=O) groups excluding carboxylic acids is 1. The molecule has 2 aromatic rings. The average Bonchev–Trinajstić information content (AvgIpc) is 3.29. The van der Waals surface area contributed by atoms with Crippen LogP contribution in [-0.2, 0) is 10.2 Å². The Morgan fingerprint density at radius 1 is 1.13 bits per heavy atom. The number of amides is 1. The van der Waals surface area contributed by atoms with Gasteiger partial charge in [0.2, 0.25) is 5.17 Å². The molecule has 1 amide bonds. The van der Waals surface area contributed by atoms with E-state index in [0.717, 1.165) is 14.4 Å². The lowest BCUT2D eigenvalue weighted by molar-refractivity contribution is -0.114. The molecule has 0 unspecified atom stereocenters. The number of methoxy groups -OCH3 is 1. The van der Waals surface area contributed by atoms with Gasteiger partial charge in [0.25, 0.3) is 5.91 Å². The lowest BCUT2D eigenvalue weighted by Gasteiger charge is -2.20. The summed E-state index contributed by atoms with van der Waals surface area (Å²) >= 11 is 3.50. The normalized spacial score (nSPS) is 16.5. The number of ether oxygens (including phenoxy) is 3. The molecule has 0 aliphatic carbocycles. The highest BCUT2D eigenvalue weighted by atomic mass is 127.